The quantitative estimate of drug-likeness (QED) is 0.0830. The van der Waals surface area contributed by atoms with E-state index in [1.165, 1.54) is 34.0 Å². The van der Waals surface area contributed by atoms with Crippen LogP contribution in [0.5, 0.6) is 0 Å². The number of halogens is 1. The Morgan fingerprint density at radius 1 is 0.983 bits per heavy atom. The fourth-order valence-corrected chi connectivity index (χ4v) is 9.53. The van der Waals surface area contributed by atoms with E-state index in [-0.39, 0.29) is 37.0 Å². The number of aliphatic hydroxyl groups is 2. The number of ketones is 1. The number of alkyl halides is 1. The largest absolute Gasteiger partial charge is 0.455 e. The summed E-state index contributed by atoms with van der Waals surface area (Å²) in [4.78, 5) is 83.5. The number of hydrogen-bond donors (Lipinski definition) is 2. The Kier molecular flexibility index (Phi) is 12.3. The Morgan fingerprint density at radius 3 is 2.19 bits per heavy atom. The van der Waals surface area contributed by atoms with Crippen molar-refractivity contribution in [2.24, 2.45) is 21.5 Å². The zero-order valence-electron chi connectivity index (χ0n) is 33.4. The van der Waals surface area contributed by atoms with E-state index in [9.17, 15) is 34.2 Å². The fraction of sp³-hybridized carbons (Fsp3) is 0.512. The lowest BCUT2D eigenvalue weighted by Crippen LogP contribution is -2.83. The van der Waals surface area contributed by atoms with Crippen molar-refractivity contribution in [1.82, 2.24) is 0 Å². The number of fused-ring (bicyclic) bond motifs is 5. The maximum Gasteiger partial charge on any atom is 0.351 e. The van der Waals surface area contributed by atoms with Crippen LogP contribution in [-0.4, -0.2) is 114 Å². The summed E-state index contributed by atoms with van der Waals surface area (Å²) in [7, 11) is 1.34. The summed E-state index contributed by atoms with van der Waals surface area (Å²) in [6.07, 6.45) is -9.01. The number of Topliss-reactive ketones (excluding diaryl/α,β-unsaturated/α-hetero) is 1. The highest BCUT2D eigenvalue weighted by Gasteiger charge is 2.79. The monoisotopic (exact) mass is 836 g/mol. The molecule has 4 aliphatic rings. The van der Waals surface area contributed by atoms with Crippen LogP contribution in [0.15, 0.2) is 81.9 Å². The van der Waals surface area contributed by atoms with Crippen LogP contribution in [0, 0.1) is 11.3 Å². The minimum Gasteiger partial charge on any atom is -0.455 e. The van der Waals surface area contributed by atoms with Gasteiger partial charge in [0.1, 0.15) is 29.7 Å². The predicted molar refractivity (Wildman–Crippen MR) is 207 cm³/mol. The summed E-state index contributed by atoms with van der Waals surface area (Å²) in [5, 5.41) is 33.8. The summed E-state index contributed by atoms with van der Waals surface area (Å²) in [5.41, 5.74) is -8.41. The Labute approximate surface area is 346 Å². The standard InChI is InChI=1S/C41H46BClN2O14/c1-21-16-17-41(53)35(57-36(51)25-14-10-7-11-15-25)33-38(4,26(48)18-27-40(33,20-54-27)58-23(3)47)34(50)31(55-22(2)46)29(21)39(41,5)59-37(52)32(56-28(49)19-43)30(44-45-42)24-12-8-6-9-13-24/h6-15,26-27,30-33,35,48,53H,16-20,42H2,1-5H3/t26-,27+,30-,31+,32+,33-,35-,38+,39?,40-,41+/m0/s1. The van der Waals surface area contributed by atoms with Gasteiger partial charge in [0, 0.05) is 25.8 Å². The molecular formula is C41H46BClN2O14. The summed E-state index contributed by atoms with van der Waals surface area (Å²) in [5.74, 6) is -8.28. The number of esters is 5. The molecule has 3 aliphatic carbocycles. The van der Waals surface area contributed by atoms with Gasteiger partial charge in [0.15, 0.2) is 23.1 Å². The topological polar surface area (TPSA) is 223 Å². The summed E-state index contributed by atoms with van der Waals surface area (Å²) >= 11 is 5.85. The maximum absolute atomic E-state index is 15.5. The van der Waals surface area contributed by atoms with Gasteiger partial charge in [-0.15, -0.1) is 11.6 Å². The van der Waals surface area contributed by atoms with E-state index in [2.05, 4.69) is 10.1 Å². The van der Waals surface area contributed by atoms with Crippen LogP contribution < -0.4 is 0 Å². The van der Waals surface area contributed by atoms with Crippen molar-refractivity contribution < 1.29 is 67.4 Å². The molecule has 6 rings (SSSR count). The van der Waals surface area contributed by atoms with Crippen molar-refractivity contribution in [3.05, 3.63) is 82.9 Å². The van der Waals surface area contributed by atoms with Gasteiger partial charge < -0.3 is 38.6 Å². The van der Waals surface area contributed by atoms with E-state index in [0.29, 0.717) is 11.1 Å². The second kappa shape index (κ2) is 16.6. The SMILES string of the molecule is BN=N[C@@H](c1ccccc1)[C@@H](OC(=O)CCl)C(=O)OC1(C)C2=C(C)CC[C@@]1(O)[C@@H](OC(=O)c1ccccc1)[C@@H]1[C@]3(OC(C)=O)CO[C@@H]3C[C@H](O)[C@@]1(C)C(=O)[C@@H]2OC(C)=O. The van der Waals surface area contributed by atoms with E-state index < -0.39 is 106 Å². The Morgan fingerprint density at radius 2 is 1.63 bits per heavy atom. The molecule has 2 aromatic carbocycles. The maximum atomic E-state index is 15.5. The molecule has 2 aromatic rings. The van der Waals surface area contributed by atoms with Crippen molar-refractivity contribution >= 4 is 55.2 Å². The van der Waals surface area contributed by atoms with Gasteiger partial charge in [0.25, 0.3) is 7.98 Å². The van der Waals surface area contributed by atoms with Gasteiger partial charge in [-0.3, -0.25) is 24.2 Å². The number of rotatable bonds is 11. The molecule has 11 atom stereocenters. The molecular weight excluding hydrogens is 791 g/mol. The van der Waals surface area contributed by atoms with Crippen molar-refractivity contribution in [3.8, 4) is 0 Å². The highest BCUT2D eigenvalue weighted by molar-refractivity contribution is 6.26. The molecule has 18 heteroatoms. The number of hydrogen-bond acceptors (Lipinski definition) is 16. The second-order valence-electron chi connectivity index (χ2n) is 15.7. The molecule has 2 saturated carbocycles. The van der Waals surface area contributed by atoms with Gasteiger partial charge in [-0.05, 0) is 51.3 Å². The molecule has 0 amide bonds. The minimum absolute atomic E-state index is 0.0166. The van der Waals surface area contributed by atoms with Crippen LogP contribution in [0.2, 0.25) is 0 Å². The fourth-order valence-electron chi connectivity index (χ4n) is 9.46. The lowest BCUT2D eigenvalue weighted by Gasteiger charge is -2.67. The third-order valence-corrected chi connectivity index (χ3v) is 12.5. The van der Waals surface area contributed by atoms with Crippen LogP contribution in [0.1, 0.15) is 75.8 Å². The first-order chi connectivity index (χ1) is 27.9. The summed E-state index contributed by atoms with van der Waals surface area (Å²) in [6, 6.07) is 14.7. The molecule has 0 radical (unpaired) electrons. The molecule has 2 N–H and O–H groups in total. The molecule has 59 heavy (non-hydrogen) atoms. The van der Waals surface area contributed by atoms with Gasteiger partial charge in [0.05, 0.1) is 29.6 Å². The number of nitrogens with zero attached hydrogens (tertiary/aromatic N) is 2. The van der Waals surface area contributed by atoms with E-state index in [0.717, 1.165) is 13.8 Å². The van der Waals surface area contributed by atoms with Gasteiger partial charge in [-0.1, -0.05) is 54.1 Å². The molecule has 1 heterocycles. The number of carbonyl (C=O) groups excluding carboxylic acids is 6. The van der Waals surface area contributed by atoms with Crippen LogP contribution >= 0.6 is 11.6 Å². The summed E-state index contributed by atoms with van der Waals surface area (Å²) in [6.45, 7) is 6.07. The first kappa shape index (κ1) is 43.6. The van der Waals surface area contributed by atoms with Crippen LogP contribution in [0.3, 0.4) is 0 Å². The summed E-state index contributed by atoms with van der Waals surface area (Å²) < 4.78 is 36.1. The normalized spacial score (nSPS) is 33.4. The first-order valence-corrected chi connectivity index (χ1v) is 19.6. The number of carbonyl (C=O) groups is 6. The molecule has 3 fully saturated rings. The molecule has 0 aromatic heterocycles. The second-order valence-corrected chi connectivity index (χ2v) is 16.0. The van der Waals surface area contributed by atoms with Gasteiger partial charge in [0.2, 0.25) is 6.10 Å². The molecule has 1 saturated heterocycles. The minimum atomic E-state index is -2.59. The number of benzene rings is 2. The average Bonchev–Trinajstić information content (AvgIpc) is 3.20. The Bertz CT molecular complexity index is 2070. The van der Waals surface area contributed by atoms with Gasteiger partial charge >= 0.3 is 29.8 Å². The first-order valence-electron chi connectivity index (χ1n) is 19.1. The number of allylic oxidation sites excluding steroid dienone is 1. The lowest BCUT2D eigenvalue weighted by molar-refractivity contribution is -0.348. The van der Waals surface area contributed by atoms with Crippen molar-refractivity contribution in [2.75, 3.05) is 12.5 Å². The van der Waals surface area contributed by atoms with Crippen molar-refractivity contribution in [1.29, 1.82) is 0 Å². The molecule has 16 nitrogen and oxygen atoms in total. The zero-order chi connectivity index (χ0) is 43.1. The lowest BCUT2D eigenvalue weighted by atomic mass is 9.46. The number of ether oxygens (including phenoxy) is 6. The van der Waals surface area contributed by atoms with Crippen molar-refractivity contribution in [2.45, 2.75) is 107 Å². The molecule has 0 spiro atoms. The Hall–Kier alpha value is -4.97. The van der Waals surface area contributed by atoms with E-state index in [4.69, 9.17) is 40.0 Å². The van der Waals surface area contributed by atoms with Crippen LogP contribution in [0.25, 0.3) is 0 Å². The smallest absolute Gasteiger partial charge is 0.351 e. The van der Waals surface area contributed by atoms with Crippen LogP contribution in [0.4, 0.5) is 0 Å². The van der Waals surface area contributed by atoms with E-state index in [1.807, 2.05) is 0 Å². The zero-order valence-corrected chi connectivity index (χ0v) is 34.2. The average molecular weight is 837 g/mol. The highest BCUT2D eigenvalue weighted by atomic mass is 35.5. The Balaban J connectivity index is 1.64. The third-order valence-electron chi connectivity index (χ3n) is 12.3. The van der Waals surface area contributed by atoms with E-state index in [1.54, 1.807) is 55.5 Å². The van der Waals surface area contributed by atoms with Gasteiger partial charge in [-0.2, -0.15) is 5.11 Å². The predicted octanol–water partition coefficient (Wildman–Crippen LogP) is 2.85. The van der Waals surface area contributed by atoms with Gasteiger partial charge in [-0.25, -0.2) is 9.59 Å². The third kappa shape index (κ3) is 7.36. The van der Waals surface area contributed by atoms with Crippen LogP contribution in [-0.2, 0) is 52.4 Å². The van der Waals surface area contributed by atoms with Crippen molar-refractivity contribution in [3.63, 3.8) is 0 Å². The molecule has 1 unspecified atom stereocenters. The van der Waals surface area contributed by atoms with E-state index >= 15 is 4.79 Å². The molecule has 1 aliphatic heterocycles. The number of aliphatic hydroxyl groups excluding tert-OH is 1. The highest BCUT2D eigenvalue weighted by Crippen LogP contribution is 2.63. The molecule has 314 valence electrons. The molecule has 2 bridgehead atoms.